The van der Waals surface area contributed by atoms with E-state index < -0.39 is 16.1 Å². The van der Waals surface area contributed by atoms with E-state index in [-0.39, 0.29) is 11.3 Å². The van der Waals surface area contributed by atoms with Crippen LogP contribution in [0.4, 0.5) is 11.5 Å². The standard InChI is InChI=1S/C22H20ClN3O3.C17H20N4S.C7H8O3S/c23-16-13-19-22(24-14-16)25-20(29-19)12-15-9-11-26(10-5-1-2-8-21(27)28)18-7-4-3-6-17(15)18;1-20(2)10-4-12-21-11-3-5-15-17(21)19-16(22-15)13-14-6-8-18-9-7-14;1-6-2-4-7(5-3-6)11(8,9)10/h3-4,6-7,9,11-14H,1-2,5,8,10H2,(H,27,28);3,5-9,11,13H,4,10,12H2,1-2H3;2-5H,1H3,(H,8,9,10). The summed E-state index contributed by atoms with van der Waals surface area (Å²) < 4.78 is 37.6. The summed E-state index contributed by atoms with van der Waals surface area (Å²) in [5, 5.41) is 9.26. The predicted molar refractivity (Wildman–Crippen MR) is 248 cm³/mol. The third-order valence-electron chi connectivity index (χ3n) is 9.51. The summed E-state index contributed by atoms with van der Waals surface area (Å²) in [6.07, 6.45) is 23.5. The number of aliphatic carboxylic acids is 1. The van der Waals surface area contributed by atoms with Gasteiger partial charge in [0.2, 0.25) is 5.89 Å². The zero-order valence-corrected chi connectivity index (χ0v) is 37.0. The van der Waals surface area contributed by atoms with Crippen LogP contribution in [0.1, 0.15) is 54.7 Å². The molecule has 6 heterocycles. The molecule has 2 aliphatic heterocycles. The van der Waals surface area contributed by atoms with Crippen LogP contribution in [0.15, 0.2) is 119 Å². The van der Waals surface area contributed by atoms with Crippen molar-refractivity contribution in [1.29, 1.82) is 0 Å². The zero-order chi connectivity index (χ0) is 44.1. The van der Waals surface area contributed by atoms with Gasteiger partial charge in [0.25, 0.3) is 10.1 Å². The van der Waals surface area contributed by atoms with Crippen LogP contribution in [0.3, 0.4) is 0 Å². The van der Waals surface area contributed by atoms with Gasteiger partial charge in [-0.3, -0.25) is 14.3 Å². The number of unbranched alkanes of at least 4 members (excludes halogenated alkanes) is 2. The summed E-state index contributed by atoms with van der Waals surface area (Å²) in [7, 11) is 0.194. The predicted octanol–water partition coefficient (Wildman–Crippen LogP) is 8.07. The number of oxazole rings is 1. The van der Waals surface area contributed by atoms with Gasteiger partial charge in [-0.25, -0.2) is 9.97 Å². The molecule has 0 aliphatic carbocycles. The van der Waals surface area contributed by atoms with Crippen molar-refractivity contribution in [3.05, 3.63) is 147 Å². The maximum Gasteiger partial charge on any atom is 0.303 e. The van der Waals surface area contributed by atoms with Gasteiger partial charge in [0.1, 0.15) is 4.66 Å². The van der Waals surface area contributed by atoms with E-state index in [1.54, 1.807) is 48.1 Å². The Morgan fingerprint density at radius 3 is 2.44 bits per heavy atom. The number of anilines is 2. The molecule has 2 N–H and O–H groups in total. The van der Waals surface area contributed by atoms with E-state index in [0.29, 0.717) is 28.6 Å². The molecule has 0 fully saturated rings. The first-order chi connectivity index (χ1) is 29.8. The van der Waals surface area contributed by atoms with Crippen molar-refractivity contribution in [1.82, 2.24) is 24.8 Å². The summed E-state index contributed by atoms with van der Waals surface area (Å²) in [5.74, 6) is 0.817. The molecule has 4 aromatic heterocycles. The highest BCUT2D eigenvalue weighted by atomic mass is 35.5. The quantitative estimate of drug-likeness (QED) is 0.0845. The average Bonchev–Trinajstić information content (AvgIpc) is 3.85. The molecule has 8 rings (SSSR count). The maximum atomic E-state index is 10.6. The molecule has 0 saturated carbocycles. The molecular weight excluding hydrogens is 846 g/mol. The molecule has 0 amide bonds. The number of aryl methyl sites for hydroxylation is 1. The fourth-order valence-corrected chi connectivity index (χ4v) is 8.02. The summed E-state index contributed by atoms with van der Waals surface area (Å²) in [6, 6.07) is 19.9. The number of halogens is 1. The smallest absolute Gasteiger partial charge is 0.303 e. The van der Waals surface area contributed by atoms with Crippen molar-refractivity contribution in [3.8, 4) is 0 Å². The highest BCUT2D eigenvalue weighted by Gasteiger charge is 2.17. The monoisotopic (exact) mass is 893 g/mol. The molecule has 0 atom stereocenters. The third-order valence-corrected chi connectivity index (χ3v) is 11.5. The Kier molecular flexibility index (Phi) is 15.9. The highest BCUT2D eigenvalue weighted by Crippen LogP contribution is 2.34. The van der Waals surface area contributed by atoms with Crippen molar-refractivity contribution in [2.75, 3.05) is 43.5 Å². The van der Waals surface area contributed by atoms with Crippen LogP contribution in [-0.4, -0.2) is 82.6 Å². The molecule has 322 valence electrons. The molecule has 13 nitrogen and oxygen atoms in total. The van der Waals surface area contributed by atoms with Crippen LogP contribution in [0.25, 0.3) is 35.0 Å². The number of pyridine rings is 2. The number of hydrogen-bond donors (Lipinski definition) is 2. The minimum Gasteiger partial charge on any atom is -0.481 e. The number of rotatable bonds is 13. The molecule has 2 aliphatic rings. The highest BCUT2D eigenvalue weighted by molar-refractivity contribution is 7.85. The SMILES string of the molecule is CN(C)CCCN1C=CC=c2sc(=Cc3ccncc3)nc21.Cc1ccc(S(=O)(=O)O)cc1.O=C(O)CCCCCN1C=CC(=Cc2nc3ncc(Cl)cc3o2)c2ccccc21. The Morgan fingerprint density at radius 1 is 0.935 bits per heavy atom. The third kappa shape index (κ3) is 13.3. The van der Waals surface area contributed by atoms with E-state index in [1.165, 1.54) is 16.7 Å². The van der Waals surface area contributed by atoms with Crippen molar-refractivity contribution in [2.45, 2.75) is 43.9 Å². The lowest BCUT2D eigenvalue weighted by Gasteiger charge is -2.27. The van der Waals surface area contributed by atoms with E-state index >= 15 is 0 Å². The van der Waals surface area contributed by atoms with Gasteiger partial charge >= 0.3 is 5.97 Å². The number of carboxylic acids is 1. The second-order valence-corrected chi connectivity index (χ2v) is 17.6. The Labute approximate surface area is 370 Å². The fourth-order valence-electron chi connectivity index (χ4n) is 6.44. The van der Waals surface area contributed by atoms with Crippen LogP contribution in [-0.2, 0) is 14.9 Å². The van der Waals surface area contributed by atoms with Crippen LogP contribution >= 0.6 is 22.9 Å². The Balaban J connectivity index is 0.000000171. The molecule has 6 aromatic rings. The number of fused-ring (bicyclic) bond motifs is 3. The molecule has 62 heavy (non-hydrogen) atoms. The number of carboxylic acid groups (broad SMARTS) is 1. The van der Waals surface area contributed by atoms with Gasteiger partial charge in [-0.15, -0.1) is 11.3 Å². The van der Waals surface area contributed by atoms with Gasteiger partial charge < -0.3 is 24.2 Å². The second-order valence-electron chi connectivity index (χ2n) is 14.7. The first-order valence-corrected chi connectivity index (χ1v) is 22.6. The molecular formula is C46H48ClN7O6S2. The molecule has 0 unspecified atom stereocenters. The van der Waals surface area contributed by atoms with Crippen LogP contribution in [0.5, 0.6) is 0 Å². The number of allylic oxidation sites excluding steroid dienone is 3. The van der Waals surface area contributed by atoms with E-state index in [2.05, 4.69) is 80.3 Å². The largest absolute Gasteiger partial charge is 0.481 e. The summed E-state index contributed by atoms with van der Waals surface area (Å²) in [5.41, 5.74) is 6.37. The summed E-state index contributed by atoms with van der Waals surface area (Å²) in [6.45, 7) is 4.76. The molecule has 2 aromatic carbocycles. The number of aromatic nitrogens is 4. The topological polar surface area (TPSA) is 166 Å². The van der Waals surface area contributed by atoms with Crippen molar-refractivity contribution in [3.63, 3.8) is 0 Å². The zero-order valence-electron chi connectivity index (χ0n) is 34.6. The summed E-state index contributed by atoms with van der Waals surface area (Å²) >= 11 is 7.70. The molecule has 0 saturated heterocycles. The molecule has 16 heteroatoms. The number of benzene rings is 2. The molecule has 0 bridgehead atoms. The first-order valence-electron chi connectivity index (χ1n) is 19.9. The maximum absolute atomic E-state index is 10.6. The van der Waals surface area contributed by atoms with Crippen molar-refractivity contribution < 1.29 is 27.3 Å². The number of carbonyl (C=O) groups is 1. The van der Waals surface area contributed by atoms with Gasteiger partial charge in [-0.2, -0.15) is 13.4 Å². The lowest BCUT2D eigenvalue weighted by Crippen LogP contribution is -2.27. The van der Waals surface area contributed by atoms with Crippen molar-refractivity contribution in [2.24, 2.45) is 0 Å². The lowest BCUT2D eigenvalue weighted by molar-refractivity contribution is -0.137. The lowest BCUT2D eigenvalue weighted by atomic mass is 9.99. The van der Waals surface area contributed by atoms with Crippen LogP contribution in [0, 0.1) is 6.92 Å². The Bertz CT molecular complexity index is 2790. The first kappa shape index (κ1) is 45.6. The number of nitrogens with zero attached hydrogens (tertiary/aromatic N) is 7. The summed E-state index contributed by atoms with van der Waals surface area (Å²) in [4.78, 5) is 34.7. The second kappa shape index (κ2) is 21.7. The van der Waals surface area contributed by atoms with Gasteiger partial charge in [0.05, 0.1) is 14.5 Å². The number of hydrogen-bond acceptors (Lipinski definition) is 12. The van der Waals surface area contributed by atoms with Gasteiger partial charge in [-0.1, -0.05) is 53.9 Å². The van der Waals surface area contributed by atoms with Crippen molar-refractivity contribution >= 4 is 85.6 Å². The minimum absolute atomic E-state index is 0.0666. The Hall–Kier alpha value is -5.97. The van der Waals surface area contributed by atoms with E-state index in [1.807, 2.05) is 49.5 Å². The number of thiazole rings is 1. The van der Waals surface area contributed by atoms with E-state index in [4.69, 9.17) is 30.7 Å². The van der Waals surface area contributed by atoms with E-state index in [9.17, 15) is 13.2 Å². The number of para-hydroxylation sites is 1. The minimum atomic E-state index is -4.02. The van der Waals surface area contributed by atoms with Gasteiger partial charge in [0, 0.05) is 73.9 Å². The van der Waals surface area contributed by atoms with Crippen LogP contribution < -0.4 is 19.0 Å². The van der Waals surface area contributed by atoms with Gasteiger partial charge in [-0.05, 0) is 113 Å². The fraction of sp³-hybridized carbons (Fsp3) is 0.239. The van der Waals surface area contributed by atoms with E-state index in [0.717, 1.165) is 77.3 Å². The van der Waals surface area contributed by atoms with Gasteiger partial charge in [0.15, 0.2) is 17.0 Å². The molecule has 0 radical (unpaired) electrons. The Morgan fingerprint density at radius 2 is 1.69 bits per heavy atom. The molecule has 0 spiro atoms. The average molecular weight is 895 g/mol. The van der Waals surface area contributed by atoms with Crippen LogP contribution in [0.2, 0.25) is 5.02 Å². The normalized spacial score (nSPS) is 13.9.